The Kier molecular flexibility index (Phi) is 4.41. The van der Waals surface area contributed by atoms with Gasteiger partial charge in [0.2, 0.25) is 0 Å². The van der Waals surface area contributed by atoms with E-state index >= 15 is 0 Å². The van der Waals surface area contributed by atoms with E-state index in [1.54, 1.807) is 6.92 Å². The third-order valence-corrected chi connectivity index (χ3v) is 6.18. The fourth-order valence-corrected chi connectivity index (χ4v) is 4.60. The average molecular weight is 420 g/mol. The maximum absolute atomic E-state index is 14.1. The summed E-state index contributed by atoms with van der Waals surface area (Å²) in [5.74, 6) is 1.30. The molecular formula is C20H23BrFN3O. The van der Waals surface area contributed by atoms with E-state index in [-0.39, 0.29) is 0 Å². The van der Waals surface area contributed by atoms with Crippen LogP contribution in [0.5, 0.6) is 0 Å². The number of nitrogens with zero attached hydrogens (tertiary/aromatic N) is 3. The molecule has 26 heavy (non-hydrogen) atoms. The fraction of sp³-hybridized carbons (Fsp3) is 0.500. The summed E-state index contributed by atoms with van der Waals surface area (Å²) in [5.41, 5.74) is 3.94. The van der Waals surface area contributed by atoms with Gasteiger partial charge in [0.1, 0.15) is 16.9 Å². The van der Waals surface area contributed by atoms with Crippen LogP contribution in [0.1, 0.15) is 44.1 Å². The van der Waals surface area contributed by atoms with Crippen LogP contribution in [0.25, 0.3) is 22.2 Å². The monoisotopic (exact) mass is 419 g/mol. The largest absolute Gasteiger partial charge is 0.361 e. The predicted molar refractivity (Wildman–Crippen MR) is 104 cm³/mol. The summed E-state index contributed by atoms with van der Waals surface area (Å²) < 4.78 is 22.6. The molecule has 0 aliphatic heterocycles. The standard InChI is InChI=1S/C20H23BrFN3O/c1-12-18(13(2)26-24-12)15-8-17-19(23-9-15)16(21)11-25(17)10-14-4-6-20(3,22)7-5-14/h8-9,11,14H,4-7,10H2,1-3H3. The molecule has 3 aromatic heterocycles. The van der Waals surface area contributed by atoms with Crippen molar-refractivity contribution in [3.63, 3.8) is 0 Å². The number of aryl methyl sites for hydroxylation is 2. The molecule has 0 spiro atoms. The first kappa shape index (κ1) is 17.7. The van der Waals surface area contributed by atoms with Crippen molar-refractivity contribution in [1.29, 1.82) is 0 Å². The van der Waals surface area contributed by atoms with Gasteiger partial charge in [-0.25, -0.2) is 4.39 Å². The number of hydrogen-bond acceptors (Lipinski definition) is 3. The van der Waals surface area contributed by atoms with Crippen molar-refractivity contribution in [1.82, 2.24) is 14.7 Å². The molecule has 1 aliphatic carbocycles. The number of alkyl halides is 1. The highest BCUT2D eigenvalue weighted by atomic mass is 79.9. The Morgan fingerprint density at radius 1 is 1.35 bits per heavy atom. The second-order valence-electron chi connectivity index (χ2n) is 7.78. The Balaban J connectivity index is 1.68. The number of pyridine rings is 1. The molecule has 0 amide bonds. The fourth-order valence-electron chi connectivity index (χ4n) is 4.05. The molecule has 0 unspecified atom stereocenters. The van der Waals surface area contributed by atoms with Gasteiger partial charge in [0, 0.05) is 30.1 Å². The Hall–Kier alpha value is -1.69. The first-order chi connectivity index (χ1) is 12.3. The molecule has 0 bridgehead atoms. The highest BCUT2D eigenvalue weighted by Gasteiger charge is 2.31. The van der Waals surface area contributed by atoms with Crippen LogP contribution in [-0.4, -0.2) is 20.4 Å². The molecule has 6 heteroatoms. The van der Waals surface area contributed by atoms with Crippen LogP contribution < -0.4 is 0 Å². The lowest BCUT2D eigenvalue weighted by Gasteiger charge is -2.31. The van der Waals surface area contributed by atoms with E-state index in [1.165, 1.54) is 0 Å². The van der Waals surface area contributed by atoms with Crippen molar-refractivity contribution in [3.05, 3.63) is 34.4 Å². The predicted octanol–water partition coefficient (Wildman–Crippen LogP) is 5.99. The van der Waals surface area contributed by atoms with Crippen molar-refractivity contribution >= 4 is 27.0 Å². The molecule has 0 saturated heterocycles. The molecule has 0 atom stereocenters. The number of hydrogen-bond donors (Lipinski definition) is 0. The molecule has 0 radical (unpaired) electrons. The third kappa shape index (κ3) is 3.20. The zero-order valence-electron chi connectivity index (χ0n) is 15.4. The van der Waals surface area contributed by atoms with Crippen LogP contribution in [0.15, 0.2) is 27.5 Å². The van der Waals surface area contributed by atoms with E-state index in [2.05, 4.69) is 42.9 Å². The molecule has 3 heterocycles. The first-order valence-electron chi connectivity index (χ1n) is 9.10. The summed E-state index contributed by atoms with van der Waals surface area (Å²) in [7, 11) is 0. The number of aromatic nitrogens is 3. The first-order valence-corrected chi connectivity index (χ1v) is 9.90. The van der Waals surface area contributed by atoms with Crippen LogP contribution >= 0.6 is 15.9 Å². The van der Waals surface area contributed by atoms with Crippen molar-refractivity contribution in [2.24, 2.45) is 5.92 Å². The summed E-state index contributed by atoms with van der Waals surface area (Å²) in [6.07, 6.45) is 7.14. The van der Waals surface area contributed by atoms with Gasteiger partial charge in [-0.3, -0.25) is 4.98 Å². The van der Waals surface area contributed by atoms with Crippen molar-refractivity contribution in [3.8, 4) is 11.1 Å². The van der Waals surface area contributed by atoms with Gasteiger partial charge in [-0.05, 0) is 74.4 Å². The molecular weight excluding hydrogens is 397 g/mol. The quantitative estimate of drug-likeness (QED) is 0.523. The van der Waals surface area contributed by atoms with Crippen LogP contribution in [0.2, 0.25) is 0 Å². The van der Waals surface area contributed by atoms with Crippen LogP contribution in [0.4, 0.5) is 4.39 Å². The Bertz CT molecular complexity index is 930. The minimum Gasteiger partial charge on any atom is -0.361 e. The SMILES string of the molecule is Cc1noc(C)c1-c1cnc2c(Br)cn(CC3CCC(C)(F)CC3)c2c1. The Morgan fingerprint density at radius 3 is 2.73 bits per heavy atom. The molecule has 1 saturated carbocycles. The number of halogens is 2. The summed E-state index contributed by atoms with van der Waals surface area (Å²) in [5, 5.41) is 4.05. The zero-order valence-corrected chi connectivity index (χ0v) is 16.9. The third-order valence-electron chi connectivity index (χ3n) is 5.60. The van der Waals surface area contributed by atoms with Gasteiger partial charge in [-0.1, -0.05) is 5.16 Å². The molecule has 4 nitrogen and oxygen atoms in total. The molecule has 0 N–H and O–H groups in total. The molecule has 0 aromatic carbocycles. The van der Waals surface area contributed by atoms with Gasteiger partial charge >= 0.3 is 0 Å². The van der Waals surface area contributed by atoms with Gasteiger partial charge in [0.15, 0.2) is 0 Å². The van der Waals surface area contributed by atoms with Gasteiger partial charge in [0.25, 0.3) is 0 Å². The summed E-state index contributed by atoms with van der Waals surface area (Å²) in [4.78, 5) is 4.66. The second-order valence-corrected chi connectivity index (χ2v) is 8.63. The van der Waals surface area contributed by atoms with Gasteiger partial charge in [-0.2, -0.15) is 0 Å². The van der Waals surface area contributed by atoms with E-state index in [0.29, 0.717) is 18.8 Å². The number of rotatable bonds is 3. The smallest absolute Gasteiger partial charge is 0.141 e. The van der Waals surface area contributed by atoms with Gasteiger partial charge < -0.3 is 9.09 Å². The zero-order chi connectivity index (χ0) is 18.5. The molecule has 1 fully saturated rings. The summed E-state index contributed by atoms with van der Waals surface area (Å²) in [6, 6.07) is 2.15. The summed E-state index contributed by atoms with van der Waals surface area (Å²) in [6.45, 7) is 6.49. The van der Waals surface area contributed by atoms with Gasteiger partial charge in [0.05, 0.1) is 15.7 Å². The lowest BCUT2D eigenvalue weighted by Crippen LogP contribution is -2.27. The average Bonchev–Trinajstić information content (AvgIpc) is 3.09. The molecule has 1 aliphatic rings. The van der Waals surface area contributed by atoms with E-state index in [9.17, 15) is 4.39 Å². The normalized spacial score (nSPS) is 23.7. The van der Waals surface area contributed by atoms with E-state index in [4.69, 9.17) is 4.52 Å². The minimum absolute atomic E-state index is 0.504. The van der Waals surface area contributed by atoms with E-state index in [0.717, 1.165) is 57.5 Å². The minimum atomic E-state index is -0.992. The van der Waals surface area contributed by atoms with Crippen LogP contribution in [0.3, 0.4) is 0 Å². The van der Waals surface area contributed by atoms with Crippen LogP contribution in [-0.2, 0) is 6.54 Å². The lowest BCUT2D eigenvalue weighted by molar-refractivity contribution is 0.0985. The lowest BCUT2D eigenvalue weighted by atomic mass is 9.81. The Morgan fingerprint density at radius 2 is 2.08 bits per heavy atom. The highest BCUT2D eigenvalue weighted by Crippen LogP contribution is 2.37. The van der Waals surface area contributed by atoms with Crippen molar-refractivity contribution < 1.29 is 8.91 Å². The highest BCUT2D eigenvalue weighted by molar-refractivity contribution is 9.10. The maximum Gasteiger partial charge on any atom is 0.141 e. The molecule has 3 aromatic rings. The van der Waals surface area contributed by atoms with Crippen molar-refractivity contribution in [2.45, 2.75) is 58.7 Å². The molecule has 138 valence electrons. The second kappa shape index (κ2) is 6.48. The Labute approximate surface area is 160 Å². The topological polar surface area (TPSA) is 43.9 Å². The summed E-state index contributed by atoms with van der Waals surface area (Å²) >= 11 is 3.63. The maximum atomic E-state index is 14.1. The van der Waals surface area contributed by atoms with Crippen LogP contribution in [0, 0.1) is 19.8 Å². The van der Waals surface area contributed by atoms with E-state index in [1.807, 2.05) is 20.0 Å². The van der Waals surface area contributed by atoms with E-state index < -0.39 is 5.67 Å². The van der Waals surface area contributed by atoms with Crippen molar-refractivity contribution in [2.75, 3.05) is 0 Å². The molecule has 4 rings (SSSR count). The van der Waals surface area contributed by atoms with Gasteiger partial charge in [-0.15, -0.1) is 0 Å². The number of fused-ring (bicyclic) bond motifs is 1.